The van der Waals surface area contributed by atoms with Gasteiger partial charge in [-0.3, -0.25) is 4.68 Å². The molecular formula is C13H16N2OS. The summed E-state index contributed by atoms with van der Waals surface area (Å²) in [6.07, 6.45) is 10.4. The van der Waals surface area contributed by atoms with Crippen molar-refractivity contribution in [3.8, 4) is 10.8 Å². The monoisotopic (exact) mass is 248 g/mol. The van der Waals surface area contributed by atoms with Gasteiger partial charge in [0, 0.05) is 0 Å². The van der Waals surface area contributed by atoms with E-state index in [9.17, 15) is 0 Å². The third kappa shape index (κ3) is 2.52. The third-order valence-electron chi connectivity index (χ3n) is 3.24. The standard InChI is InChI=1S/C13H16N2OS/c1-2-5-11(6-3-1)15-10-12(9-14-15)16-13-7-4-8-17-13/h4,7-11H,1-3,5-6H2. The normalized spacial score (nSPS) is 17.2. The minimum atomic E-state index is 0.574. The average Bonchev–Trinajstić information content (AvgIpc) is 3.02. The van der Waals surface area contributed by atoms with Crippen molar-refractivity contribution in [2.75, 3.05) is 0 Å². The molecule has 3 nitrogen and oxygen atoms in total. The fourth-order valence-corrected chi connectivity index (χ4v) is 2.95. The van der Waals surface area contributed by atoms with Crippen LogP contribution >= 0.6 is 11.3 Å². The number of hydrogen-bond donors (Lipinski definition) is 0. The number of ether oxygens (including phenoxy) is 1. The predicted molar refractivity (Wildman–Crippen MR) is 68.7 cm³/mol. The van der Waals surface area contributed by atoms with E-state index in [1.54, 1.807) is 11.3 Å². The molecule has 0 amide bonds. The number of thiophene rings is 1. The molecule has 0 saturated heterocycles. The molecule has 0 aromatic carbocycles. The summed E-state index contributed by atoms with van der Waals surface area (Å²) in [5, 5.41) is 7.36. The number of aromatic nitrogens is 2. The van der Waals surface area contributed by atoms with E-state index in [0.29, 0.717) is 6.04 Å². The van der Waals surface area contributed by atoms with Crippen LogP contribution in [0.5, 0.6) is 10.8 Å². The zero-order valence-corrected chi connectivity index (χ0v) is 10.5. The van der Waals surface area contributed by atoms with Gasteiger partial charge in [-0.25, -0.2) is 0 Å². The highest BCUT2D eigenvalue weighted by Gasteiger charge is 2.16. The van der Waals surface area contributed by atoms with Crippen LogP contribution in [0.1, 0.15) is 38.1 Å². The lowest BCUT2D eigenvalue weighted by atomic mass is 9.96. The molecule has 2 heterocycles. The van der Waals surface area contributed by atoms with E-state index >= 15 is 0 Å². The SMILES string of the molecule is c1csc(Oc2cnn(C3CCCCC3)c2)c1. The topological polar surface area (TPSA) is 27.1 Å². The molecule has 0 aliphatic heterocycles. The van der Waals surface area contributed by atoms with E-state index in [-0.39, 0.29) is 0 Å². The molecule has 17 heavy (non-hydrogen) atoms. The Hall–Kier alpha value is -1.29. The fraction of sp³-hybridized carbons (Fsp3) is 0.462. The Morgan fingerprint density at radius 1 is 1.29 bits per heavy atom. The first kappa shape index (κ1) is 10.8. The van der Waals surface area contributed by atoms with Gasteiger partial charge in [-0.1, -0.05) is 19.3 Å². The van der Waals surface area contributed by atoms with Crippen LogP contribution in [0.4, 0.5) is 0 Å². The average molecular weight is 248 g/mol. The van der Waals surface area contributed by atoms with Crippen LogP contribution in [0.15, 0.2) is 29.9 Å². The molecule has 1 fully saturated rings. The lowest BCUT2D eigenvalue weighted by Crippen LogP contribution is -2.12. The highest BCUT2D eigenvalue weighted by Crippen LogP contribution is 2.30. The number of rotatable bonds is 3. The quantitative estimate of drug-likeness (QED) is 0.812. The van der Waals surface area contributed by atoms with Crippen LogP contribution in [0.25, 0.3) is 0 Å². The first-order valence-electron chi connectivity index (χ1n) is 6.17. The molecule has 2 aromatic rings. The van der Waals surface area contributed by atoms with Crippen LogP contribution < -0.4 is 4.74 Å². The van der Waals surface area contributed by atoms with Gasteiger partial charge in [0.05, 0.1) is 18.4 Å². The first-order chi connectivity index (χ1) is 8.42. The van der Waals surface area contributed by atoms with Crippen LogP contribution in [-0.2, 0) is 0 Å². The van der Waals surface area contributed by atoms with Crippen LogP contribution in [0.3, 0.4) is 0 Å². The molecule has 3 rings (SSSR count). The van der Waals surface area contributed by atoms with E-state index in [2.05, 4.69) is 9.78 Å². The second kappa shape index (κ2) is 4.92. The molecule has 0 spiro atoms. The van der Waals surface area contributed by atoms with Gasteiger partial charge >= 0.3 is 0 Å². The Morgan fingerprint density at radius 3 is 2.94 bits per heavy atom. The van der Waals surface area contributed by atoms with E-state index in [4.69, 9.17) is 4.74 Å². The highest BCUT2D eigenvalue weighted by atomic mass is 32.1. The summed E-state index contributed by atoms with van der Waals surface area (Å²) >= 11 is 1.60. The molecule has 2 aromatic heterocycles. The Morgan fingerprint density at radius 2 is 2.18 bits per heavy atom. The summed E-state index contributed by atoms with van der Waals surface area (Å²) in [6.45, 7) is 0. The second-order valence-corrected chi connectivity index (χ2v) is 5.39. The number of hydrogen-bond acceptors (Lipinski definition) is 3. The van der Waals surface area contributed by atoms with Gasteiger partial charge in [0.2, 0.25) is 0 Å². The van der Waals surface area contributed by atoms with Gasteiger partial charge < -0.3 is 4.74 Å². The minimum Gasteiger partial charge on any atom is -0.443 e. The summed E-state index contributed by atoms with van der Waals surface area (Å²) in [5.41, 5.74) is 0. The molecule has 1 saturated carbocycles. The maximum absolute atomic E-state index is 5.73. The maximum atomic E-state index is 5.73. The van der Waals surface area contributed by atoms with E-state index in [1.807, 2.05) is 29.9 Å². The predicted octanol–water partition coefficient (Wildman–Crippen LogP) is 4.24. The van der Waals surface area contributed by atoms with Gasteiger partial charge in [0.1, 0.15) is 0 Å². The summed E-state index contributed by atoms with van der Waals surface area (Å²) in [6, 6.07) is 4.54. The molecule has 1 aliphatic rings. The smallest absolute Gasteiger partial charge is 0.181 e. The molecule has 4 heteroatoms. The first-order valence-corrected chi connectivity index (χ1v) is 7.05. The number of nitrogens with zero attached hydrogens (tertiary/aromatic N) is 2. The van der Waals surface area contributed by atoms with Gasteiger partial charge in [0.25, 0.3) is 0 Å². The fourth-order valence-electron chi connectivity index (χ4n) is 2.36. The Balaban J connectivity index is 1.69. The van der Waals surface area contributed by atoms with Crippen molar-refractivity contribution in [2.24, 2.45) is 0 Å². The Labute approximate surface area is 105 Å². The Bertz CT molecular complexity index is 457. The molecular weight excluding hydrogens is 232 g/mol. The van der Waals surface area contributed by atoms with E-state index in [1.165, 1.54) is 32.1 Å². The van der Waals surface area contributed by atoms with E-state index in [0.717, 1.165) is 10.8 Å². The van der Waals surface area contributed by atoms with Crippen LogP contribution in [0.2, 0.25) is 0 Å². The summed E-state index contributed by atoms with van der Waals surface area (Å²) < 4.78 is 7.80. The van der Waals surface area contributed by atoms with Gasteiger partial charge in [-0.05, 0) is 30.4 Å². The van der Waals surface area contributed by atoms with Crippen molar-refractivity contribution in [3.63, 3.8) is 0 Å². The maximum Gasteiger partial charge on any atom is 0.181 e. The summed E-state index contributed by atoms with van der Waals surface area (Å²) in [5.74, 6) is 0.845. The van der Waals surface area contributed by atoms with Crippen molar-refractivity contribution in [2.45, 2.75) is 38.1 Å². The van der Waals surface area contributed by atoms with Crippen LogP contribution in [0, 0.1) is 0 Å². The molecule has 0 atom stereocenters. The third-order valence-corrected chi connectivity index (χ3v) is 3.99. The van der Waals surface area contributed by atoms with Crippen molar-refractivity contribution < 1.29 is 4.74 Å². The van der Waals surface area contributed by atoms with Crippen molar-refractivity contribution in [3.05, 3.63) is 29.9 Å². The minimum absolute atomic E-state index is 0.574. The lowest BCUT2D eigenvalue weighted by molar-refractivity contribution is 0.328. The summed E-state index contributed by atoms with van der Waals surface area (Å²) in [7, 11) is 0. The highest BCUT2D eigenvalue weighted by molar-refractivity contribution is 7.11. The van der Waals surface area contributed by atoms with Crippen molar-refractivity contribution in [1.82, 2.24) is 9.78 Å². The molecule has 0 unspecified atom stereocenters. The second-order valence-electron chi connectivity index (χ2n) is 4.48. The van der Waals surface area contributed by atoms with E-state index < -0.39 is 0 Å². The lowest BCUT2D eigenvalue weighted by Gasteiger charge is -2.21. The van der Waals surface area contributed by atoms with Crippen molar-refractivity contribution in [1.29, 1.82) is 0 Å². The Kier molecular flexibility index (Phi) is 3.14. The van der Waals surface area contributed by atoms with Crippen molar-refractivity contribution >= 4 is 11.3 Å². The van der Waals surface area contributed by atoms with Gasteiger partial charge in [0.15, 0.2) is 10.8 Å². The molecule has 0 radical (unpaired) electrons. The van der Waals surface area contributed by atoms with Gasteiger partial charge in [-0.2, -0.15) is 5.10 Å². The van der Waals surface area contributed by atoms with Gasteiger partial charge in [-0.15, -0.1) is 11.3 Å². The zero-order valence-electron chi connectivity index (χ0n) is 9.71. The molecule has 0 bridgehead atoms. The molecule has 90 valence electrons. The molecule has 1 aliphatic carbocycles. The summed E-state index contributed by atoms with van der Waals surface area (Å²) in [4.78, 5) is 0. The largest absolute Gasteiger partial charge is 0.443 e. The zero-order chi connectivity index (χ0) is 11.5. The van der Waals surface area contributed by atoms with Crippen LogP contribution in [-0.4, -0.2) is 9.78 Å². The molecule has 0 N–H and O–H groups in total.